The zero-order valence-electron chi connectivity index (χ0n) is 11.9. The third-order valence-corrected chi connectivity index (χ3v) is 5.51. The normalized spacial score (nSPS) is 21.3. The Kier molecular flexibility index (Phi) is 3.71. The minimum atomic E-state index is -0.899. The summed E-state index contributed by atoms with van der Waals surface area (Å²) >= 11 is 1.26. The SMILES string of the molecule is COC1(c2nc(C)c(C(=O)O)s2)CCC(C)(C)CC1. The van der Waals surface area contributed by atoms with E-state index in [4.69, 9.17) is 9.84 Å². The van der Waals surface area contributed by atoms with E-state index in [0.717, 1.165) is 30.7 Å². The van der Waals surface area contributed by atoms with Crippen molar-refractivity contribution in [1.82, 2.24) is 4.98 Å². The topological polar surface area (TPSA) is 59.4 Å². The molecular formula is C14H21NO3S. The summed E-state index contributed by atoms with van der Waals surface area (Å²) in [7, 11) is 1.70. The summed E-state index contributed by atoms with van der Waals surface area (Å²) in [6.45, 7) is 6.28. The van der Waals surface area contributed by atoms with Crippen LogP contribution in [0.3, 0.4) is 0 Å². The zero-order chi connectivity index (χ0) is 14.3. The van der Waals surface area contributed by atoms with Gasteiger partial charge in [0.1, 0.15) is 15.5 Å². The van der Waals surface area contributed by atoms with Gasteiger partial charge in [0.2, 0.25) is 0 Å². The van der Waals surface area contributed by atoms with Crippen LogP contribution in [0.25, 0.3) is 0 Å². The first-order valence-electron chi connectivity index (χ1n) is 6.56. The number of methoxy groups -OCH3 is 1. The average molecular weight is 283 g/mol. The molecule has 1 fully saturated rings. The summed E-state index contributed by atoms with van der Waals surface area (Å²) in [6.07, 6.45) is 3.95. The number of nitrogens with zero attached hydrogens (tertiary/aromatic N) is 1. The van der Waals surface area contributed by atoms with Crippen molar-refractivity contribution in [2.75, 3.05) is 7.11 Å². The largest absolute Gasteiger partial charge is 0.477 e. The molecule has 1 heterocycles. The lowest BCUT2D eigenvalue weighted by atomic mass is 9.71. The van der Waals surface area contributed by atoms with Gasteiger partial charge in [-0.25, -0.2) is 9.78 Å². The summed E-state index contributed by atoms with van der Waals surface area (Å²) in [5, 5.41) is 9.97. The minimum absolute atomic E-state index is 0.330. The summed E-state index contributed by atoms with van der Waals surface area (Å²) in [6, 6.07) is 0. The second-order valence-electron chi connectivity index (χ2n) is 6.10. The molecule has 1 saturated carbocycles. The number of carboxylic acid groups (broad SMARTS) is 1. The molecule has 1 aromatic heterocycles. The van der Waals surface area contributed by atoms with Gasteiger partial charge in [0.15, 0.2) is 0 Å². The quantitative estimate of drug-likeness (QED) is 0.921. The van der Waals surface area contributed by atoms with Crippen molar-refractivity contribution in [3.8, 4) is 0 Å². The molecule has 1 aromatic rings. The predicted octanol–water partition coefficient (Wildman–Crippen LogP) is 3.59. The van der Waals surface area contributed by atoms with Crippen LogP contribution in [-0.4, -0.2) is 23.2 Å². The monoisotopic (exact) mass is 283 g/mol. The molecule has 2 rings (SSSR count). The molecule has 0 aliphatic heterocycles. The lowest BCUT2D eigenvalue weighted by molar-refractivity contribution is -0.0668. The van der Waals surface area contributed by atoms with Crippen LogP contribution in [0.4, 0.5) is 0 Å². The van der Waals surface area contributed by atoms with Gasteiger partial charge in [-0.3, -0.25) is 0 Å². The Morgan fingerprint density at radius 1 is 1.32 bits per heavy atom. The summed E-state index contributed by atoms with van der Waals surface area (Å²) < 4.78 is 5.76. The maximum absolute atomic E-state index is 11.1. The first kappa shape index (κ1) is 14.5. The molecule has 1 aliphatic carbocycles. The third kappa shape index (κ3) is 2.67. The van der Waals surface area contributed by atoms with Crippen LogP contribution in [0.1, 0.15) is 59.9 Å². The van der Waals surface area contributed by atoms with Crippen LogP contribution in [-0.2, 0) is 10.3 Å². The lowest BCUT2D eigenvalue weighted by Gasteiger charge is -2.41. The molecule has 0 bridgehead atoms. The number of carbonyl (C=O) groups is 1. The maximum Gasteiger partial charge on any atom is 0.347 e. The molecule has 0 atom stereocenters. The fourth-order valence-electron chi connectivity index (χ4n) is 2.63. The number of aromatic carboxylic acids is 1. The van der Waals surface area contributed by atoms with E-state index in [-0.39, 0.29) is 0 Å². The molecule has 0 radical (unpaired) electrons. The highest BCUT2D eigenvalue weighted by Gasteiger charge is 2.42. The Balaban J connectivity index is 2.32. The van der Waals surface area contributed by atoms with Gasteiger partial charge in [-0.15, -0.1) is 11.3 Å². The number of hydrogen-bond donors (Lipinski definition) is 1. The Hall–Kier alpha value is -0.940. The molecule has 5 heteroatoms. The van der Waals surface area contributed by atoms with Crippen LogP contribution in [0, 0.1) is 12.3 Å². The Labute approximate surface area is 117 Å². The fraction of sp³-hybridized carbons (Fsp3) is 0.714. The van der Waals surface area contributed by atoms with E-state index in [2.05, 4.69) is 18.8 Å². The van der Waals surface area contributed by atoms with E-state index in [1.54, 1.807) is 14.0 Å². The Morgan fingerprint density at radius 3 is 2.32 bits per heavy atom. The van der Waals surface area contributed by atoms with Gasteiger partial charge in [-0.2, -0.15) is 0 Å². The molecule has 0 amide bonds. The lowest BCUT2D eigenvalue weighted by Crippen LogP contribution is -2.36. The van der Waals surface area contributed by atoms with Crippen LogP contribution in [0.2, 0.25) is 0 Å². The van der Waals surface area contributed by atoms with E-state index in [1.165, 1.54) is 11.3 Å². The van der Waals surface area contributed by atoms with Crippen LogP contribution in [0.5, 0.6) is 0 Å². The molecule has 4 nitrogen and oxygen atoms in total. The van der Waals surface area contributed by atoms with Crippen molar-refractivity contribution in [2.45, 2.75) is 52.1 Å². The summed E-state index contributed by atoms with van der Waals surface area (Å²) in [5.74, 6) is -0.899. The fourth-order valence-corrected chi connectivity index (χ4v) is 3.76. The van der Waals surface area contributed by atoms with Gasteiger partial charge in [-0.05, 0) is 38.0 Å². The van der Waals surface area contributed by atoms with Crippen molar-refractivity contribution in [1.29, 1.82) is 0 Å². The van der Waals surface area contributed by atoms with Crippen LogP contribution < -0.4 is 0 Å². The molecular weight excluding hydrogens is 262 g/mol. The molecule has 106 valence electrons. The summed E-state index contributed by atoms with van der Waals surface area (Å²) in [4.78, 5) is 15.9. The van der Waals surface area contributed by atoms with Crippen molar-refractivity contribution in [2.24, 2.45) is 5.41 Å². The number of thiazole rings is 1. The average Bonchev–Trinajstić information content (AvgIpc) is 2.73. The first-order valence-corrected chi connectivity index (χ1v) is 7.38. The van der Waals surface area contributed by atoms with E-state index in [1.807, 2.05) is 0 Å². The molecule has 0 spiro atoms. The van der Waals surface area contributed by atoms with Gasteiger partial charge in [-0.1, -0.05) is 13.8 Å². The van der Waals surface area contributed by atoms with Gasteiger partial charge < -0.3 is 9.84 Å². The van der Waals surface area contributed by atoms with Gasteiger partial charge in [0, 0.05) is 7.11 Å². The van der Waals surface area contributed by atoms with E-state index >= 15 is 0 Å². The standard InChI is InChI=1S/C14H21NO3S/c1-9-10(11(16)17)19-12(15-9)14(18-4)7-5-13(2,3)6-8-14/h5-8H2,1-4H3,(H,16,17). The highest BCUT2D eigenvalue weighted by atomic mass is 32.1. The highest BCUT2D eigenvalue weighted by Crippen LogP contribution is 2.48. The number of rotatable bonds is 3. The van der Waals surface area contributed by atoms with Crippen LogP contribution in [0.15, 0.2) is 0 Å². The van der Waals surface area contributed by atoms with Crippen molar-refractivity contribution in [3.05, 3.63) is 15.6 Å². The van der Waals surface area contributed by atoms with Gasteiger partial charge >= 0.3 is 5.97 Å². The van der Waals surface area contributed by atoms with Crippen molar-refractivity contribution in [3.63, 3.8) is 0 Å². The van der Waals surface area contributed by atoms with Crippen LogP contribution >= 0.6 is 11.3 Å². The van der Waals surface area contributed by atoms with Crippen molar-refractivity contribution < 1.29 is 14.6 Å². The predicted molar refractivity (Wildman–Crippen MR) is 74.7 cm³/mol. The molecule has 0 aromatic carbocycles. The maximum atomic E-state index is 11.1. The second-order valence-corrected chi connectivity index (χ2v) is 7.10. The number of hydrogen-bond acceptors (Lipinski definition) is 4. The van der Waals surface area contributed by atoms with E-state index in [0.29, 0.717) is 16.0 Å². The second kappa shape index (κ2) is 4.87. The van der Waals surface area contributed by atoms with Crippen molar-refractivity contribution >= 4 is 17.3 Å². The van der Waals surface area contributed by atoms with E-state index < -0.39 is 11.6 Å². The molecule has 1 N–H and O–H groups in total. The number of aryl methyl sites for hydroxylation is 1. The number of ether oxygens (including phenoxy) is 1. The van der Waals surface area contributed by atoms with E-state index in [9.17, 15) is 4.79 Å². The smallest absolute Gasteiger partial charge is 0.347 e. The third-order valence-electron chi connectivity index (χ3n) is 4.18. The number of aromatic nitrogens is 1. The number of carboxylic acids is 1. The zero-order valence-corrected chi connectivity index (χ0v) is 12.8. The Bertz CT molecular complexity index is 483. The molecule has 19 heavy (non-hydrogen) atoms. The molecule has 0 saturated heterocycles. The minimum Gasteiger partial charge on any atom is -0.477 e. The highest BCUT2D eigenvalue weighted by molar-refractivity contribution is 7.13. The summed E-state index contributed by atoms with van der Waals surface area (Å²) in [5.41, 5.74) is 0.538. The van der Waals surface area contributed by atoms with Gasteiger partial charge in [0.05, 0.1) is 5.69 Å². The molecule has 1 aliphatic rings. The first-order chi connectivity index (χ1) is 8.80. The molecule has 0 unspecified atom stereocenters. The Morgan fingerprint density at radius 2 is 1.89 bits per heavy atom. The van der Waals surface area contributed by atoms with Gasteiger partial charge in [0.25, 0.3) is 0 Å².